The van der Waals surface area contributed by atoms with E-state index in [1.807, 2.05) is 0 Å². The van der Waals surface area contributed by atoms with Gasteiger partial charge in [-0.05, 0) is 14.0 Å². The Morgan fingerprint density at radius 1 is 1.42 bits per heavy atom. The van der Waals surface area contributed by atoms with Crippen LogP contribution in [0.2, 0.25) is 0 Å². The molecule has 1 aliphatic rings. The highest BCUT2D eigenvalue weighted by molar-refractivity contribution is 7.85. The van der Waals surface area contributed by atoms with Crippen molar-refractivity contribution < 1.29 is 28.0 Å². The van der Waals surface area contributed by atoms with E-state index in [0.29, 0.717) is 0 Å². The summed E-state index contributed by atoms with van der Waals surface area (Å²) in [6.07, 6.45) is -1.23. The molecule has 116 valence electrons. The van der Waals surface area contributed by atoms with E-state index in [9.17, 15) is 13.2 Å². The molecule has 0 aromatic heterocycles. The Morgan fingerprint density at radius 3 is 1.84 bits per heavy atom. The maximum absolute atomic E-state index is 9.45. The Morgan fingerprint density at radius 2 is 1.74 bits per heavy atom. The number of hydrogen-bond acceptors (Lipinski definition) is 7. The molecule has 1 aliphatic heterocycles. The topological polar surface area (TPSA) is 153 Å². The number of rotatable bonds is 2. The number of nitrogens with one attached hydrogen (secondary N) is 1. The fraction of sp³-hybridized carbons (Fsp3) is 0.889. The second kappa shape index (κ2) is 11.1. The van der Waals surface area contributed by atoms with Gasteiger partial charge in [0.1, 0.15) is 12.0 Å². The summed E-state index contributed by atoms with van der Waals surface area (Å²) < 4.78 is 26.5. The minimum Gasteiger partial charge on any atom is -0.479 e. The summed E-state index contributed by atoms with van der Waals surface area (Å²) in [5.41, 5.74) is 4.47. The van der Waals surface area contributed by atoms with Crippen LogP contribution >= 0.6 is 0 Å². The Balaban J connectivity index is 0. The quantitative estimate of drug-likeness (QED) is 0.356. The minimum absolute atomic E-state index is 0.701. The van der Waals surface area contributed by atoms with E-state index in [1.165, 1.54) is 20.0 Å². The van der Waals surface area contributed by atoms with E-state index in [2.05, 4.69) is 23.0 Å². The number of likely N-dealkylation sites (N-methyl/N-ethyl adjacent to an activating group) is 1. The summed E-state index contributed by atoms with van der Waals surface area (Å²) in [5.74, 6) is -1.89. The molecule has 0 aromatic rings. The number of aliphatic hydroxyl groups is 1. The molecule has 9 nitrogen and oxygen atoms in total. The van der Waals surface area contributed by atoms with Crippen molar-refractivity contribution in [3.63, 3.8) is 0 Å². The van der Waals surface area contributed by atoms with Crippen molar-refractivity contribution in [1.82, 2.24) is 10.2 Å². The standard InChI is InChI=1S/C5H12N2.C3H6O3.CH5NO3S/c1-7-4-2-6-3-5-7;1-2(4)3(5)6;2-1-6(3,4)5/h6H,2-5H2,1H3;2,4H,1H3,(H,5,6);1-2H2,(H,3,4,5). The number of aliphatic hydroxyl groups excluding tert-OH is 1. The van der Waals surface area contributed by atoms with Gasteiger partial charge in [0, 0.05) is 26.2 Å². The van der Waals surface area contributed by atoms with Crippen LogP contribution < -0.4 is 11.1 Å². The molecular weight excluding hydrogens is 278 g/mol. The predicted octanol–water partition coefficient (Wildman–Crippen LogP) is -2.24. The zero-order valence-corrected chi connectivity index (χ0v) is 11.9. The Hall–Kier alpha value is -0.780. The van der Waals surface area contributed by atoms with E-state index < -0.39 is 28.1 Å². The van der Waals surface area contributed by atoms with Crippen LogP contribution in [0, 0.1) is 0 Å². The highest BCUT2D eigenvalue weighted by Crippen LogP contribution is 1.83. The second-order valence-corrected chi connectivity index (χ2v) is 5.31. The zero-order valence-electron chi connectivity index (χ0n) is 11.1. The molecule has 1 fully saturated rings. The first-order chi connectivity index (χ1) is 8.60. The number of carbonyl (C=O) groups is 1. The summed E-state index contributed by atoms with van der Waals surface area (Å²) in [5, 5.41) is 19.0. The summed E-state index contributed by atoms with van der Waals surface area (Å²) in [6, 6.07) is 0. The van der Waals surface area contributed by atoms with E-state index in [1.54, 1.807) is 0 Å². The summed E-state index contributed by atoms with van der Waals surface area (Å²) in [4.78, 5) is 11.8. The average molecular weight is 301 g/mol. The summed E-state index contributed by atoms with van der Waals surface area (Å²) >= 11 is 0. The van der Waals surface area contributed by atoms with Gasteiger partial charge in [0.2, 0.25) is 0 Å². The van der Waals surface area contributed by atoms with Gasteiger partial charge >= 0.3 is 5.97 Å². The van der Waals surface area contributed by atoms with Gasteiger partial charge in [-0.15, -0.1) is 0 Å². The van der Waals surface area contributed by atoms with Gasteiger partial charge < -0.3 is 26.2 Å². The monoisotopic (exact) mass is 301 g/mol. The lowest BCUT2D eigenvalue weighted by atomic mass is 10.4. The van der Waals surface area contributed by atoms with Crippen LogP contribution in [-0.4, -0.2) is 79.3 Å². The SMILES string of the molecule is CC(O)C(=O)O.CN1CCNCC1.NCS(=O)(=O)O. The number of carboxylic acids is 1. The molecule has 0 bridgehead atoms. The van der Waals surface area contributed by atoms with Crippen LogP contribution in [0.1, 0.15) is 6.92 Å². The Kier molecular flexibility index (Phi) is 12.0. The third-order valence-electron chi connectivity index (χ3n) is 1.91. The van der Waals surface area contributed by atoms with E-state index in [-0.39, 0.29) is 0 Å². The highest BCUT2D eigenvalue weighted by Gasteiger charge is 2.01. The molecule has 10 heteroatoms. The van der Waals surface area contributed by atoms with Crippen molar-refractivity contribution in [2.75, 3.05) is 39.1 Å². The van der Waals surface area contributed by atoms with Gasteiger partial charge in [0.15, 0.2) is 0 Å². The van der Waals surface area contributed by atoms with Crippen molar-refractivity contribution in [3.8, 4) is 0 Å². The van der Waals surface area contributed by atoms with Crippen molar-refractivity contribution >= 4 is 16.1 Å². The van der Waals surface area contributed by atoms with Gasteiger partial charge in [-0.25, -0.2) is 4.79 Å². The Bertz CT molecular complexity index is 327. The molecular formula is C9H23N3O6S. The molecule has 1 heterocycles. The smallest absolute Gasteiger partial charge is 0.332 e. The first kappa shape index (κ1) is 20.5. The molecule has 0 saturated carbocycles. The number of carboxylic acid groups (broad SMARTS) is 1. The summed E-state index contributed by atoms with van der Waals surface area (Å²) in [7, 11) is -1.73. The lowest BCUT2D eigenvalue weighted by Gasteiger charge is -2.21. The van der Waals surface area contributed by atoms with Crippen LogP contribution in [0.5, 0.6) is 0 Å². The van der Waals surface area contributed by atoms with Gasteiger partial charge in [-0.2, -0.15) is 8.42 Å². The molecule has 0 spiro atoms. The number of hydrogen-bond donors (Lipinski definition) is 5. The third kappa shape index (κ3) is 19.7. The van der Waals surface area contributed by atoms with Gasteiger partial charge in [-0.3, -0.25) is 4.55 Å². The van der Waals surface area contributed by atoms with Crippen molar-refractivity contribution in [2.24, 2.45) is 5.73 Å². The van der Waals surface area contributed by atoms with E-state index in [4.69, 9.17) is 14.8 Å². The zero-order chi connectivity index (χ0) is 15.5. The first-order valence-corrected chi connectivity index (χ1v) is 7.16. The molecule has 0 aromatic carbocycles. The molecule has 1 unspecified atom stereocenters. The predicted molar refractivity (Wildman–Crippen MR) is 70.3 cm³/mol. The molecule has 6 N–H and O–H groups in total. The number of nitrogens with zero attached hydrogens (tertiary/aromatic N) is 1. The summed E-state index contributed by atoms with van der Waals surface area (Å²) in [6.45, 7) is 5.94. The fourth-order valence-corrected chi connectivity index (χ4v) is 0.777. The third-order valence-corrected chi connectivity index (χ3v) is 2.33. The number of nitrogens with two attached hydrogens (primary N) is 1. The molecule has 19 heavy (non-hydrogen) atoms. The van der Waals surface area contributed by atoms with Gasteiger partial charge in [0.05, 0.1) is 0 Å². The van der Waals surface area contributed by atoms with Crippen LogP contribution in [-0.2, 0) is 14.9 Å². The van der Waals surface area contributed by atoms with Crippen LogP contribution in [0.3, 0.4) is 0 Å². The first-order valence-electron chi connectivity index (χ1n) is 5.55. The lowest BCUT2D eigenvalue weighted by Crippen LogP contribution is -2.40. The number of aliphatic carboxylic acids is 1. The van der Waals surface area contributed by atoms with E-state index >= 15 is 0 Å². The minimum atomic E-state index is -3.88. The van der Waals surface area contributed by atoms with Crippen LogP contribution in [0.4, 0.5) is 0 Å². The molecule has 0 amide bonds. The number of piperazine rings is 1. The normalized spacial score (nSPS) is 17.3. The Labute approximate surface area is 113 Å². The van der Waals surface area contributed by atoms with Crippen molar-refractivity contribution in [1.29, 1.82) is 0 Å². The van der Waals surface area contributed by atoms with Crippen LogP contribution in [0.15, 0.2) is 0 Å². The average Bonchev–Trinajstić information content (AvgIpc) is 2.30. The highest BCUT2D eigenvalue weighted by atomic mass is 32.2. The van der Waals surface area contributed by atoms with Gasteiger partial charge in [0.25, 0.3) is 10.1 Å². The van der Waals surface area contributed by atoms with Crippen molar-refractivity contribution in [2.45, 2.75) is 13.0 Å². The maximum atomic E-state index is 9.45. The van der Waals surface area contributed by atoms with Gasteiger partial charge in [-0.1, -0.05) is 0 Å². The van der Waals surface area contributed by atoms with E-state index in [0.717, 1.165) is 13.1 Å². The largest absolute Gasteiger partial charge is 0.479 e. The fourth-order valence-electron chi connectivity index (χ4n) is 0.777. The van der Waals surface area contributed by atoms with Crippen LogP contribution in [0.25, 0.3) is 0 Å². The molecule has 1 rings (SSSR count). The van der Waals surface area contributed by atoms with Crippen molar-refractivity contribution in [3.05, 3.63) is 0 Å². The molecule has 0 radical (unpaired) electrons. The molecule has 0 aliphatic carbocycles. The maximum Gasteiger partial charge on any atom is 0.332 e. The molecule has 1 atom stereocenters. The molecule has 1 saturated heterocycles. The lowest BCUT2D eigenvalue weighted by molar-refractivity contribution is -0.145. The second-order valence-electron chi connectivity index (χ2n) is 3.82.